The quantitative estimate of drug-likeness (QED) is 0.0188. The second kappa shape index (κ2) is 25.0. The molecule has 65 heavy (non-hydrogen) atoms. The summed E-state index contributed by atoms with van der Waals surface area (Å²) in [7, 11) is 0. The molecule has 0 amide bonds. The van der Waals surface area contributed by atoms with Crippen LogP contribution in [0.1, 0.15) is 142 Å². The number of guanidine groups is 4. The molecule has 4 aromatic carbocycles. The van der Waals surface area contributed by atoms with E-state index < -0.39 is 0 Å². The van der Waals surface area contributed by atoms with Gasteiger partial charge in [-0.15, -0.1) is 0 Å². The molecule has 15 heteroatoms. The SMILES string of the molecule is CCCCCCOc1c2cc(N=C(N)N)cc1Cc1cc(N=C(N)N)cc(c1OCCCCCC)Cc1cc(N=C(N)N)cc(c1OCCCCCC)Cc1cc(cc(N=C(N)N)c1)C2. The molecule has 0 aromatic heterocycles. The second-order valence-corrected chi connectivity index (χ2v) is 16.9. The van der Waals surface area contributed by atoms with Crippen LogP contribution in [0.15, 0.2) is 74.6 Å². The molecule has 0 heterocycles. The van der Waals surface area contributed by atoms with Crippen molar-refractivity contribution in [1.29, 1.82) is 0 Å². The monoisotopic (exact) mass is 889 g/mol. The van der Waals surface area contributed by atoms with Crippen LogP contribution in [0.4, 0.5) is 22.7 Å². The third-order valence-electron chi connectivity index (χ3n) is 11.0. The summed E-state index contributed by atoms with van der Waals surface area (Å²) in [4.78, 5) is 18.2. The van der Waals surface area contributed by atoms with Gasteiger partial charge in [-0.1, -0.05) is 84.6 Å². The molecule has 0 unspecified atom stereocenters. The fraction of sp³-hybridized carbons (Fsp3) is 0.440. The summed E-state index contributed by atoms with van der Waals surface area (Å²) in [6.45, 7) is 8.14. The minimum atomic E-state index is -0.0696. The van der Waals surface area contributed by atoms with E-state index in [2.05, 4.69) is 46.8 Å². The van der Waals surface area contributed by atoms with Gasteiger partial charge in [0.05, 0.1) is 42.6 Å². The van der Waals surface area contributed by atoms with E-state index >= 15 is 0 Å². The molecule has 0 saturated heterocycles. The maximum Gasteiger partial charge on any atom is 0.191 e. The molecule has 0 saturated carbocycles. The number of nitrogens with zero attached hydrogens (tertiary/aromatic N) is 4. The molecule has 0 radical (unpaired) electrons. The Morgan fingerprint density at radius 2 is 0.615 bits per heavy atom. The highest BCUT2D eigenvalue weighted by atomic mass is 16.5. The van der Waals surface area contributed by atoms with Crippen molar-refractivity contribution in [2.24, 2.45) is 65.8 Å². The van der Waals surface area contributed by atoms with Crippen molar-refractivity contribution in [3.8, 4) is 17.2 Å². The number of hydrogen-bond donors (Lipinski definition) is 8. The van der Waals surface area contributed by atoms with Gasteiger partial charge in [0.25, 0.3) is 0 Å². The molecule has 350 valence electrons. The molecule has 15 nitrogen and oxygen atoms in total. The van der Waals surface area contributed by atoms with Crippen LogP contribution in [-0.2, 0) is 25.7 Å². The van der Waals surface area contributed by atoms with Crippen molar-refractivity contribution in [3.05, 3.63) is 99.1 Å². The van der Waals surface area contributed by atoms with Crippen LogP contribution in [0.25, 0.3) is 0 Å². The van der Waals surface area contributed by atoms with Gasteiger partial charge in [-0.3, -0.25) is 0 Å². The molecule has 0 aliphatic heterocycles. The zero-order valence-corrected chi connectivity index (χ0v) is 38.8. The Kier molecular flexibility index (Phi) is 19.0. The summed E-state index contributed by atoms with van der Waals surface area (Å²) >= 11 is 0. The first-order valence-electron chi connectivity index (χ1n) is 23.2. The molecule has 8 bridgehead atoms. The van der Waals surface area contributed by atoms with Crippen molar-refractivity contribution in [2.45, 2.75) is 124 Å². The molecule has 16 N–H and O–H groups in total. The predicted molar refractivity (Wildman–Crippen MR) is 268 cm³/mol. The minimum absolute atomic E-state index is 0.0545. The van der Waals surface area contributed by atoms with Crippen LogP contribution in [0.2, 0.25) is 0 Å². The topological polar surface area (TPSA) is 285 Å². The Bertz CT molecular complexity index is 2190. The van der Waals surface area contributed by atoms with Gasteiger partial charge in [0.15, 0.2) is 23.8 Å². The summed E-state index contributed by atoms with van der Waals surface area (Å²) < 4.78 is 20.6. The molecule has 0 spiro atoms. The van der Waals surface area contributed by atoms with Gasteiger partial charge in [-0.2, -0.15) is 0 Å². The molecule has 0 atom stereocenters. The lowest BCUT2D eigenvalue weighted by molar-refractivity contribution is 0.295. The fourth-order valence-electron chi connectivity index (χ4n) is 8.31. The van der Waals surface area contributed by atoms with Crippen LogP contribution in [0, 0.1) is 0 Å². The summed E-state index contributed by atoms with van der Waals surface area (Å²) in [5, 5.41) is 0. The van der Waals surface area contributed by atoms with Crippen LogP contribution in [0.5, 0.6) is 17.2 Å². The highest BCUT2D eigenvalue weighted by molar-refractivity contribution is 5.81. The first kappa shape index (κ1) is 49.4. The van der Waals surface area contributed by atoms with Gasteiger partial charge in [-0.25, -0.2) is 20.0 Å². The summed E-state index contributed by atoms with van der Waals surface area (Å²) in [6.07, 6.45) is 14.1. The molecular weight excluding hydrogens is 817 g/mol. The third kappa shape index (κ3) is 15.5. The number of nitrogens with two attached hydrogens (primary N) is 8. The van der Waals surface area contributed by atoms with Crippen LogP contribution in [0.3, 0.4) is 0 Å². The Labute approximate surface area is 385 Å². The summed E-state index contributed by atoms with van der Waals surface area (Å²) in [5.41, 5.74) is 57.7. The lowest BCUT2D eigenvalue weighted by Crippen LogP contribution is -2.22. The van der Waals surface area contributed by atoms with Gasteiger partial charge < -0.3 is 60.1 Å². The number of ether oxygens (including phenoxy) is 3. The van der Waals surface area contributed by atoms with Crippen molar-refractivity contribution in [1.82, 2.24) is 0 Å². The molecule has 1 aliphatic carbocycles. The molecule has 1 aliphatic rings. The summed E-state index contributed by atoms with van der Waals surface area (Å²) in [5.74, 6) is 1.96. The van der Waals surface area contributed by atoms with E-state index in [0.29, 0.717) is 68.3 Å². The van der Waals surface area contributed by atoms with Crippen LogP contribution < -0.4 is 60.1 Å². The zero-order chi connectivity index (χ0) is 46.7. The van der Waals surface area contributed by atoms with Crippen molar-refractivity contribution in [3.63, 3.8) is 0 Å². The largest absolute Gasteiger partial charge is 0.493 e. The maximum absolute atomic E-state index is 6.90. The summed E-state index contributed by atoms with van der Waals surface area (Å²) in [6, 6.07) is 18.0. The van der Waals surface area contributed by atoms with E-state index in [-0.39, 0.29) is 23.8 Å². The van der Waals surface area contributed by atoms with E-state index in [1.807, 2.05) is 48.5 Å². The van der Waals surface area contributed by atoms with Gasteiger partial charge in [-0.05, 0) is 78.9 Å². The fourth-order valence-corrected chi connectivity index (χ4v) is 8.31. The standard InChI is InChI=1S/C50H72N12O3/c1-4-7-10-13-16-63-44-34-20-32-19-33(23-40(22-32)59-47(51)52)21-35-27-42(61-49(55)56)29-37(45(35)64-17-14-11-8-5-2)25-39-31-43(62-50(57)58)30-38(46(39)65-18-15-12-9-6-3)24-36(44)28-41(26-34)60-48(53)54/h19,22-23,26-31H,4-18,20-21,24-25H2,1-3H3,(H4,51,52,59)(H4,53,54,60)(H4,55,56,61)(H4,57,58,62). The Balaban J connectivity index is 1.87. The molecule has 5 rings (SSSR count). The number of fused-ring (bicyclic) bond motifs is 8. The normalized spacial score (nSPS) is 11.9. The molecule has 0 fully saturated rings. The smallest absolute Gasteiger partial charge is 0.191 e. The van der Waals surface area contributed by atoms with Crippen molar-refractivity contribution < 1.29 is 14.2 Å². The predicted octanol–water partition coefficient (Wildman–Crippen LogP) is 7.86. The number of rotatable bonds is 22. The average molecular weight is 889 g/mol. The Morgan fingerprint density at radius 3 is 0.877 bits per heavy atom. The van der Waals surface area contributed by atoms with Crippen molar-refractivity contribution >= 4 is 46.6 Å². The first-order valence-corrected chi connectivity index (χ1v) is 23.2. The van der Waals surface area contributed by atoms with Gasteiger partial charge in [0, 0.05) is 59.1 Å². The first-order chi connectivity index (χ1) is 31.3. The Morgan fingerprint density at radius 1 is 0.354 bits per heavy atom. The van der Waals surface area contributed by atoms with Crippen molar-refractivity contribution in [2.75, 3.05) is 19.8 Å². The number of unbranched alkanes of at least 4 members (excludes halogenated alkanes) is 9. The minimum Gasteiger partial charge on any atom is -0.493 e. The second-order valence-electron chi connectivity index (χ2n) is 16.9. The van der Waals surface area contributed by atoms with E-state index in [9.17, 15) is 0 Å². The zero-order valence-electron chi connectivity index (χ0n) is 38.8. The van der Waals surface area contributed by atoms with Crippen LogP contribution >= 0.6 is 0 Å². The van der Waals surface area contributed by atoms with E-state index in [0.717, 1.165) is 139 Å². The number of benzene rings is 4. The maximum atomic E-state index is 6.90. The van der Waals surface area contributed by atoms with E-state index in [1.165, 1.54) is 0 Å². The lowest BCUT2D eigenvalue weighted by Gasteiger charge is -2.23. The third-order valence-corrected chi connectivity index (χ3v) is 11.0. The number of hydrogen-bond acceptors (Lipinski definition) is 7. The van der Waals surface area contributed by atoms with Gasteiger partial charge in [0.1, 0.15) is 17.2 Å². The highest BCUT2D eigenvalue weighted by Crippen LogP contribution is 2.42. The van der Waals surface area contributed by atoms with E-state index in [4.69, 9.17) is 60.1 Å². The molecule has 4 aromatic rings. The molecular formula is C50H72N12O3. The van der Waals surface area contributed by atoms with E-state index in [1.54, 1.807) is 0 Å². The number of aliphatic imine (C=N–C) groups is 4. The lowest BCUT2D eigenvalue weighted by atomic mass is 9.90. The van der Waals surface area contributed by atoms with Gasteiger partial charge >= 0.3 is 0 Å². The highest BCUT2D eigenvalue weighted by Gasteiger charge is 2.23. The van der Waals surface area contributed by atoms with Gasteiger partial charge in [0.2, 0.25) is 0 Å². The Hall–Kier alpha value is -6.64. The average Bonchev–Trinajstić information content (AvgIpc) is 3.21. The van der Waals surface area contributed by atoms with Crippen LogP contribution in [-0.4, -0.2) is 43.7 Å².